The molecule has 0 saturated heterocycles. The minimum Gasteiger partial charge on any atom is -0.478 e. The molecule has 0 radical (unpaired) electrons. The van der Waals surface area contributed by atoms with Gasteiger partial charge < -0.3 is 9.67 Å². The Kier molecular flexibility index (Phi) is 3.75. The van der Waals surface area contributed by atoms with Gasteiger partial charge in [-0.15, -0.1) is 0 Å². The molecule has 0 amide bonds. The molecule has 0 unspecified atom stereocenters. The maximum absolute atomic E-state index is 11.5. The second-order valence-electron chi connectivity index (χ2n) is 5.13. The van der Waals surface area contributed by atoms with E-state index < -0.39 is 5.97 Å². The van der Waals surface area contributed by atoms with Crippen LogP contribution in [0.4, 0.5) is 0 Å². The Balaban J connectivity index is 2.82. The van der Waals surface area contributed by atoms with Gasteiger partial charge in [0, 0.05) is 23.2 Å². The van der Waals surface area contributed by atoms with E-state index in [2.05, 4.69) is 10.6 Å². The van der Waals surface area contributed by atoms with E-state index in [4.69, 9.17) is 10.9 Å². The Morgan fingerprint density at radius 1 is 1.43 bits per heavy atom. The van der Waals surface area contributed by atoms with Gasteiger partial charge >= 0.3 is 5.97 Å². The molecule has 0 aliphatic rings. The number of nitrogens with one attached hydrogen (secondary N) is 3. The quantitative estimate of drug-likeness (QED) is 0.300. The summed E-state index contributed by atoms with van der Waals surface area (Å²) in [7, 11) is 0. The van der Waals surface area contributed by atoms with Crippen molar-refractivity contribution < 1.29 is 9.90 Å². The Labute approximate surface area is 121 Å². The lowest BCUT2D eigenvalue weighted by atomic mass is 10.0. The number of fused-ring (bicyclic) bond motifs is 1. The number of carboxylic acids is 1. The number of benzene rings is 1. The third-order valence-corrected chi connectivity index (χ3v) is 3.37. The number of rotatable bonds is 4. The molecular weight excluding hydrogens is 270 g/mol. The summed E-state index contributed by atoms with van der Waals surface area (Å²) in [4.78, 5) is 11.5. The summed E-state index contributed by atoms with van der Waals surface area (Å²) >= 11 is 0. The van der Waals surface area contributed by atoms with Crippen molar-refractivity contribution in [3.63, 3.8) is 0 Å². The number of carbonyl (C=O) groups is 1. The Morgan fingerprint density at radius 2 is 2.10 bits per heavy atom. The highest BCUT2D eigenvalue weighted by Gasteiger charge is 2.18. The zero-order valence-corrected chi connectivity index (χ0v) is 12.1. The fraction of sp³-hybridized carbons (Fsp3) is 0.286. The van der Waals surface area contributed by atoms with Crippen LogP contribution in [0.5, 0.6) is 0 Å². The van der Waals surface area contributed by atoms with Gasteiger partial charge in [0.05, 0.1) is 11.1 Å². The van der Waals surface area contributed by atoms with Crippen molar-refractivity contribution in [1.29, 1.82) is 10.9 Å². The smallest absolute Gasteiger partial charge is 0.336 e. The average molecular weight is 287 g/mol. The summed E-state index contributed by atoms with van der Waals surface area (Å²) in [6.07, 6.45) is 1.91. The van der Waals surface area contributed by atoms with Crippen LogP contribution in [0.15, 0.2) is 23.6 Å². The summed E-state index contributed by atoms with van der Waals surface area (Å²) in [6.45, 7) is 5.89. The molecule has 1 heterocycles. The minimum atomic E-state index is -1.04. The van der Waals surface area contributed by atoms with E-state index in [9.17, 15) is 9.90 Å². The van der Waals surface area contributed by atoms with Crippen LogP contribution in [0.1, 0.15) is 41.4 Å². The van der Waals surface area contributed by atoms with Crippen molar-refractivity contribution in [1.82, 2.24) is 9.99 Å². The molecule has 0 bridgehead atoms. The lowest BCUT2D eigenvalue weighted by Gasteiger charge is -2.11. The predicted molar refractivity (Wildman–Crippen MR) is 79.1 cm³/mol. The SMILES string of the molecule is Cc1cn(C(C)C)c2cc(C(=N)NN=N)cc(C(=O)O)c12. The number of nitrogens with zero attached hydrogens (tertiary/aromatic N) is 2. The predicted octanol–water partition coefficient (Wildman–Crippen LogP) is 3.09. The zero-order chi connectivity index (χ0) is 15.7. The topological polar surface area (TPSA) is 114 Å². The first-order valence-electron chi connectivity index (χ1n) is 6.46. The van der Waals surface area contributed by atoms with E-state index in [1.165, 1.54) is 6.07 Å². The fourth-order valence-electron chi connectivity index (χ4n) is 2.45. The summed E-state index contributed by atoms with van der Waals surface area (Å²) in [5.74, 6) is -1.15. The molecular formula is C14H17N5O2. The molecule has 110 valence electrons. The van der Waals surface area contributed by atoms with Crippen LogP contribution in [0.3, 0.4) is 0 Å². The molecule has 7 heteroatoms. The normalized spacial score (nSPS) is 10.9. The Bertz CT molecular complexity index is 745. The highest BCUT2D eigenvalue weighted by molar-refractivity contribution is 6.09. The molecule has 0 aliphatic carbocycles. The minimum absolute atomic E-state index is 0.108. The molecule has 2 rings (SSSR count). The first kappa shape index (κ1) is 14.7. The van der Waals surface area contributed by atoms with Crippen LogP contribution in [0.25, 0.3) is 10.9 Å². The molecule has 0 aliphatic heterocycles. The van der Waals surface area contributed by atoms with Crippen molar-refractivity contribution in [3.8, 4) is 0 Å². The van der Waals surface area contributed by atoms with E-state index in [1.54, 1.807) is 6.07 Å². The van der Waals surface area contributed by atoms with E-state index in [1.807, 2.05) is 31.5 Å². The van der Waals surface area contributed by atoms with Crippen molar-refractivity contribution in [2.75, 3.05) is 0 Å². The Morgan fingerprint density at radius 3 is 2.62 bits per heavy atom. The molecule has 0 atom stereocenters. The summed E-state index contributed by atoms with van der Waals surface area (Å²) in [6, 6.07) is 3.35. The number of aromatic carboxylic acids is 1. The molecule has 1 aromatic heterocycles. The number of amidine groups is 1. The van der Waals surface area contributed by atoms with Crippen LogP contribution < -0.4 is 5.43 Å². The molecule has 0 spiro atoms. The summed E-state index contributed by atoms with van der Waals surface area (Å²) < 4.78 is 1.98. The molecule has 21 heavy (non-hydrogen) atoms. The van der Waals surface area contributed by atoms with E-state index in [0.29, 0.717) is 10.9 Å². The van der Waals surface area contributed by atoms with E-state index in [0.717, 1.165) is 11.1 Å². The number of aryl methyl sites for hydroxylation is 1. The van der Waals surface area contributed by atoms with Crippen LogP contribution in [0.2, 0.25) is 0 Å². The van der Waals surface area contributed by atoms with Crippen molar-refractivity contribution in [2.45, 2.75) is 26.8 Å². The van der Waals surface area contributed by atoms with Gasteiger partial charge in [0.15, 0.2) is 0 Å². The number of carboxylic acid groups (broad SMARTS) is 1. The van der Waals surface area contributed by atoms with Gasteiger partial charge in [-0.2, -0.15) is 5.53 Å². The van der Waals surface area contributed by atoms with Gasteiger partial charge in [0.25, 0.3) is 0 Å². The van der Waals surface area contributed by atoms with Crippen molar-refractivity contribution in [2.24, 2.45) is 5.22 Å². The standard InChI is InChI=1S/C14H17N5O2/c1-7(2)19-6-8(3)12-10(14(20)21)4-9(5-11(12)19)13(15)17-18-16/h4-7H,1-3H3,(H,20,21)(H3,15,16,17). The van der Waals surface area contributed by atoms with Gasteiger partial charge in [0.2, 0.25) is 0 Å². The lowest BCUT2D eigenvalue weighted by molar-refractivity contribution is 0.0699. The van der Waals surface area contributed by atoms with Gasteiger partial charge in [-0.05, 0) is 38.5 Å². The van der Waals surface area contributed by atoms with Crippen LogP contribution in [-0.2, 0) is 0 Å². The molecule has 0 fully saturated rings. The maximum Gasteiger partial charge on any atom is 0.336 e. The number of hydrogen-bond donors (Lipinski definition) is 4. The zero-order valence-electron chi connectivity index (χ0n) is 12.1. The Hall–Kier alpha value is -2.70. The van der Waals surface area contributed by atoms with Crippen molar-refractivity contribution in [3.05, 3.63) is 35.0 Å². The first-order valence-corrected chi connectivity index (χ1v) is 6.46. The molecule has 1 aromatic carbocycles. The number of hydrogen-bond acceptors (Lipinski definition) is 4. The number of aromatic nitrogens is 1. The maximum atomic E-state index is 11.5. The van der Waals surface area contributed by atoms with Crippen molar-refractivity contribution >= 4 is 22.7 Å². The highest BCUT2D eigenvalue weighted by atomic mass is 16.4. The molecule has 0 saturated carbocycles. The van der Waals surface area contributed by atoms with Gasteiger partial charge in [-0.3, -0.25) is 5.41 Å². The largest absolute Gasteiger partial charge is 0.478 e. The van der Waals surface area contributed by atoms with Crippen LogP contribution in [-0.4, -0.2) is 21.5 Å². The van der Waals surface area contributed by atoms with E-state index >= 15 is 0 Å². The third-order valence-electron chi connectivity index (χ3n) is 3.37. The molecule has 2 aromatic rings. The molecule has 7 nitrogen and oxygen atoms in total. The summed E-state index contributed by atoms with van der Waals surface area (Å²) in [5, 5.41) is 20.9. The summed E-state index contributed by atoms with van der Waals surface area (Å²) in [5.41, 5.74) is 11.1. The monoisotopic (exact) mass is 287 g/mol. The lowest BCUT2D eigenvalue weighted by Crippen LogP contribution is -2.17. The van der Waals surface area contributed by atoms with Gasteiger partial charge in [-0.25, -0.2) is 10.2 Å². The van der Waals surface area contributed by atoms with E-state index in [-0.39, 0.29) is 17.4 Å². The average Bonchev–Trinajstić information content (AvgIpc) is 2.75. The van der Waals surface area contributed by atoms with Crippen LogP contribution in [0, 0.1) is 17.9 Å². The van der Waals surface area contributed by atoms with Gasteiger partial charge in [0.1, 0.15) is 5.84 Å². The van der Waals surface area contributed by atoms with Gasteiger partial charge in [-0.1, -0.05) is 5.22 Å². The van der Waals surface area contributed by atoms with Crippen LogP contribution >= 0.6 is 0 Å². The fourth-order valence-corrected chi connectivity index (χ4v) is 2.45. The second kappa shape index (κ2) is 5.35. The first-order chi connectivity index (χ1) is 9.86. The molecule has 4 N–H and O–H groups in total. The third kappa shape index (κ3) is 2.49. The highest BCUT2D eigenvalue weighted by Crippen LogP contribution is 2.29. The second-order valence-corrected chi connectivity index (χ2v) is 5.13.